The second kappa shape index (κ2) is 18.0. The predicted molar refractivity (Wildman–Crippen MR) is 162 cm³/mol. The fourth-order valence-electron chi connectivity index (χ4n) is 3.75. The van der Waals surface area contributed by atoms with Gasteiger partial charge in [0, 0.05) is 42.3 Å². The summed E-state index contributed by atoms with van der Waals surface area (Å²) in [5, 5.41) is -0.219. The smallest absolute Gasteiger partial charge is 0.437 e. The Bertz CT molecular complexity index is 1580. The molecule has 3 amide bonds. The molecule has 0 fully saturated rings. The molecule has 2 N–H and O–H groups in total. The molecule has 0 aliphatic heterocycles. The Balaban J connectivity index is 2.40. The number of primary amides is 1. The van der Waals surface area contributed by atoms with E-state index in [0.29, 0.717) is 0 Å². The van der Waals surface area contributed by atoms with Gasteiger partial charge in [0.25, 0.3) is 11.8 Å². The van der Waals surface area contributed by atoms with Gasteiger partial charge in [-0.25, -0.2) is 19.2 Å². The summed E-state index contributed by atoms with van der Waals surface area (Å²) in [6.45, 7) is -0.974. The molecule has 0 atom stereocenters. The fourth-order valence-corrected chi connectivity index (χ4v) is 4.16. The van der Waals surface area contributed by atoms with Gasteiger partial charge in [-0.05, 0) is 18.6 Å². The van der Waals surface area contributed by atoms with Gasteiger partial charge in [-0.2, -0.15) is 0 Å². The molecule has 0 aliphatic carbocycles. The summed E-state index contributed by atoms with van der Waals surface area (Å²) < 4.78 is 37.9. The molecule has 0 aromatic heterocycles. The summed E-state index contributed by atoms with van der Waals surface area (Å²) >= 11 is 12.3. The van der Waals surface area contributed by atoms with Gasteiger partial charge in [-0.1, -0.05) is 23.2 Å². The first-order valence-electron chi connectivity index (χ1n) is 13.2. The molecule has 18 nitrogen and oxygen atoms in total. The van der Waals surface area contributed by atoms with E-state index in [0.717, 1.165) is 62.5 Å². The average molecular weight is 718 g/mol. The Hall–Kier alpha value is -5.49. The summed E-state index contributed by atoms with van der Waals surface area (Å²) in [4.78, 5) is 88.6. The number of hydrogen-bond donors (Lipinski definition) is 1. The van der Waals surface area contributed by atoms with Crippen molar-refractivity contribution in [3.05, 3.63) is 45.4 Å². The van der Waals surface area contributed by atoms with Crippen LogP contribution in [0.4, 0.5) is 19.2 Å². The standard InChI is InChI=1S/C28H29Cl2N3O15/c1-32(23(35)16-9-14(29)11-18(45-25(37)41-2)21(16)47-27(39)43-4)7-6-8-33(13-20(31)34)24(36)17-10-15(30)12-19(46-26(38)42-3)22(17)48-28(40)44-5/h9-12H,6-8,13H2,1-5H3,(H2,31,34). The number of rotatable bonds is 12. The molecule has 2 rings (SSSR count). The summed E-state index contributed by atoms with van der Waals surface area (Å²) in [5.41, 5.74) is 4.62. The maximum Gasteiger partial charge on any atom is 0.513 e. The van der Waals surface area contributed by atoms with Crippen LogP contribution >= 0.6 is 23.2 Å². The van der Waals surface area contributed by atoms with Crippen molar-refractivity contribution >= 4 is 65.5 Å². The van der Waals surface area contributed by atoms with E-state index in [1.165, 1.54) is 7.05 Å². The van der Waals surface area contributed by atoms with E-state index in [1.807, 2.05) is 0 Å². The van der Waals surface area contributed by atoms with Crippen LogP contribution in [0.15, 0.2) is 24.3 Å². The molecule has 2 aromatic rings. The monoisotopic (exact) mass is 717 g/mol. The first kappa shape index (κ1) is 38.7. The van der Waals surface area contributed by atoms with Crippen LogP contribution in [0.2, 0.25) is 10.0 Å². The summed E-state index contributed by atoms with van der Waals surface area (Å²) in [7, 11) is 5.37. The van der Waals surface area contributed by atoms with Crippen molar-refractivity contribution in [1.82, 2.24) is 9.80 Å². The van der Waals surface area contributed by atoms with Gasteiger partial charge >= 0.3 is 24.6 Å². The quantitative estimate of drug-likeness (QED) is 0.188. The van der Waals surface area contributed by atoms with Crippen molar-refractivity contribution in [1.29, 1.82) is 0 Å². The molecule has 0 bridgehead atoms. The van der Waals surface area contributed by atoms with Gasteiger partial charge < -0.3 is 53.4 Å². The van der Waals surface area contributed by atoms with Crippen LogP contribution in [-0.4, -0.2) is 107 Å². The Morgan fingerprint density at radius 3 is 1.42 bits per heavy atom. The molecule has 260 valence electrons. The lowest BCUT2D eigenvalue weighted by molar-refractivity contribution is -0.118. The Kier molecular flexibility index (Phi) is 14.5. The number of nitrogens with zero attached hydrogens (tertiary/aromatic N) is 2. The second-order valence-corrected chi connectivity index (χ2v) is 9.93. The van der Waals surface area contributed by atoms with Gasteiger partial charge in [0.05, 0.1) is 46.1 Å². The average Bonchev–Trinajstić information content (AvgIpc) is 3.04. The van der Waals surface area contributed by atoms with E-state index >= 15 is 0 Å². The van der Waals surface area contributed by atoms with Crippen LogP contribution < -0.4 is 24.7 Å². The number of nitrogens with two attached hydrogens (primary N) is 1. The van der Waals surface area contributed by atoms with Crippen LogP contribution in [0.3, 0.4) is 0 Å². The minimum atomic E-state index is -1.29. The zero-order chi connectivity index (χ0) is 36.1. The normalized spacial score (nSPS) is 10.1. The molecule has 48 heavy (non-hydrogen) atoms. The zero-order valence-corrected chi connectivity index (χ0v) is 27.5. The minimum absolute atomic E-state index is 0.000187. The molecule has 0 radical (unpaired) electrons. The predicted octanol–water partition coefficient (Wildman–Crippen LogP) is 3.66. The maximum atomic E-state index is 13.7. The van der Waals surface area contributed by atoms with Crippen molar-refractivity contribution < 1.29 is 71.5 Å². The SMILES string of the molecule is COC(=O)Oc1cc(Cl)cc(C(=O)N(C)CCCN(CC(N)=O)C(=O)c2cc(Cl)cc(OC(=O)OC)c2OC(=O)OC)c1OC(=O)OC. The summed E-state index contributed by atoms with van der Waals surface area (Å²) in [6.07, 6.45) is -4.99. The number of carbonyl (C=O) groups excluding carboxylic acids is 7. The van der Waals surface area contributed by atoms with E-state index in [9.17, 15) is 33.6 Å². The Morgan fingerprint density at radius 1 is 0.625 bits per heavy atom. The fraction of sp³-hybridized carbons (Fsp3) is 0.321. The third-order valence-corrected chi connectivity index (χ3v) is 6.26. The molecule has 0 heterocycles. The molecule has 0 unspecified atom stereocenters. The van der Waals surface area contributed by atoms with E-state index in [1.54, 1.807) is 0 Å². The van der Waals surface area contributed by atoms with Crippen LogP contribution in [0.5, 0.6) is 23.0 Å². The zero-order valence-electron chi connectivity index (χ0n) is 26.0. The van der Waals surface area contributed by atoms with Crippen LogP contribution in [0.1, 0.15) is 27.1 Å². The maximum absolute atomic E-state index is 13.7. The van der Waals surface area contributed by atoms with E-state index in [2.05, 4.69) is 18.9 Å². The van der Waals surface area contributed by atoms with E-state index in [4.69, 9.17) is 47.9 Å². The number of hydrogen-bond acceptors (Lipinski definition) is 15. The molecule has 2 aromatic carbocycles. The van der Waals surface area contributed by atoms with Gasteiger partial charge in [0.1, 0.15) is 0 Å². The van der Waals surface area contributed by atoms with Crippen molar-refractivity contribution in [2.75, 3.05) is 55.1 Å². The lowest BCUT2D eigenvalue weighted by Crippen LogP contribution is -2.40. The number of ether oxygens (including phenoxy) is 8. The van der Waals surface area contributed by atoms with E-state index < -0.39 is 77.4 Å². The Labute approximate surface area is 282 Å². The van der Waals surface area contributed by atoms with Crippen molar-refractivity contribution in [3.8, 4) is 23.0 Å². The number of benzene rings is 2. The third kappa shape index (κ3) is 10.8. The van der Waals surface area contributed by atoms with Crippen LogP contribution in [0.25, 0.3) is 0 Å². The van der Waals surface area contributed by atoms with Crippen molar-refractivity contribution in [2.24, 2.45) is 5.73 Å². The first-order chi connectivity index (χ1) is 22.6. The molecule has 0 saturated carbocycles. The molecular weight excluding hydrogens is 689 g/mol. The van der Waals surface area contributed by atoms with E-state index in [-0.39, 0.29) is 35.1 Å². The molecule has 0 saturated heterocycles. The Morgan fingerprint density at radius 2 is 1.02 bits per heavy atom. The van der Waals surface area contributed by atoms with Gasteiger partial charge in [0.2, 0.25) is 5.91 Å². The molecular formula is C28H29Cl2N3O15. The highest BCUT2D eigenvalue weighted by Crippen LogP contribution is 2.38. The third-order valence-electron chi connectivity index (χ3n) is 5.83. The first-order valence-corrected chi connectivity index (χ1v) is 13.9. The summed E-state index contributed by atoms with van der Waals surface area (Å²) in [5.74, 6) is -4.70. The topological polar surface area (TPSA) is 226 Å². The highest BCUT2D eigenvalue weighted by molar-refractivity contribution is 6.31. The molecule has 0 aliphatic rings. The summed E-state index contributed by atoms with van der Waals surface area (Å²) in [6, 6.07) is 4.37. The largest absolute Gasteiger partial charge is 0.513 e. The number of carbonyl (C=O) groups is 7. The number of halogens is 2. The van der Waals surface area contributed by atoms with Crippen molar-refractivity contribution in [2.45, 2.75) is 6.42 Å². The van der Waals surface area contributed by atoms with Crippen molar-refractivity contribution in [3.63, 3.8) is 0 Å². The highest BCUT2D eigenvalue weighted by atomic mass is 35.5. The molecule has 0 spiro atoms. The number of methoxy groups -OCH3 is 4. The van der Waals surface area contributed by atoms with Crippen LogP contribution in [0, 0.1) is 0 Å². The van der Waals surface area contributed by atoms with Gasteiger partial charge in [0.15, 0.2) is 23.0 Å². The number of amides is 3. The minimum Gasteiger partial charge on any atom is -0.437 e. The van der Waals surface area contributed by atoms with Crippen LogP contribution in [-0.2, 0) is 23.7 Å². The lowest BCUT2D eigenvalue weighted by atomic mass is 10.1. The lowest BCUT2D eigenvalue weighted by Gasteiger charge is -2.25. The highest BCUT2D eigenvalue weighted by Gasteiger charge is 2.29. The van der Waals surface area contributed by atoms with Gasteiger partial charge in [-0.3, -0.25) is 14.4 Å². The molecule has 20 heteroatoms. The second-order valence-electron chi connectivity index (χ2n) is 9.06. The van der Waals surface area contributed by atoms with Gasteiger partial charge in [-0.15, -0.1) is 0 Å².